The molecule has 2 aliphatic heterocycles. The fraction of sp³-hybridized carbons (Fsp3) is 0.316. The van der Waals surface area contributed by atoms with Gasteiger partial charge in [-0.25, -0.2) is 0 Å². The number of nitrogens with two attached hydrogens (primary N) is 1. The smallest absolute Gasteiger partial charge is 0.253 e. The van der Waals surface area contributed by atoms with Gasteiger partial charge in [-0.1, -0.05) is 54.1 Å². The zero-order chi connectivity index (χ0) is 31.2. The number of hydrogen-bond acceptors (Lipinski definition) is 5. The average molecular weight is 604 g/mol. The molecule has 0 saturated carbocycles. The van der Waals surface area contributed by atoms with Crippen LogP contribution >= 0.6 is 0 Å². The number of hydrogen-bond donors (Lipinski definition) is 1. The first-order valence-corrected chi connectivity index (χ1v) is 15.9. The highest BCUT2D eigenvalue weighted by Gasteiger charge is 2.25. The summed E-state index contributed by atoms with van der Waals surface area (Å²) in [7, 11) is 0. The lowest BCUT2D eigenvalue weighted by molar-refractivity contribution is 0.0595. The van der Waals surface area contributed by atoms with E-state index in [0.717, 1.165) is 78.1 Å². The van der Waals surface area contributed by atoms with Gasteiger partial charge >= 0.3 is 0 Å². The minimum Gasteiger partial charge on any atom is -0.490 e. The topological polar surface area (TPSA) is 85.1 Å². The lowest BCUT2D eigenvalue weighted by Gasteiger charge is -2.32. The number of nitrogens with zero attached hydrogens (tertiary/aromatic N) is 2. The van der Waals surface area contributed by atoms with Crippen LogP contribution in [-0.4, -0.2) is 59.9 Å². The lowest BCUT2D eigenvalue weighted by Crippen LogP contribution is -2.42. The zero-order valence-electron chi connectivity index (χ0n) is 25.9. The van der Waals surface area contributed by atoms with Gasteiger partial charge in [-0.3, -0.25) is 9.59 Å². The molecule has 7 heteroatoms. The van der Waals surface area contributed by atoms with Crippen LogP contribution in [0.2, 0.25) is 0 Å². The number of aryl methyl sites for hydroxylation is 1. The van der Waals surface area contributed by atoms with Gasteiger partial charge in [-0.05, 0) is 85.0 Å². The van der Waals surface area contributed by atoms with E-state index < -0.39 is 0 Å². The SMILES string of the molecule is Cc1ccc(C(=O)N2CCC(Oc3ccc(COc4ccc(-c5ccc(C(=O)N6CCC(N)CC6)cc5)cc4)cc3)CC2)cc1. The molecule has 6 rings (SSSR count). The molecule has 0 radical (unpaired) electrons. The molecule has 2 heterocycles. The van der Waals surface area contributed by atoms with Gasteiger partial charge in [-0.15, -0.1) is 0 Å². The molecule has 0 unspecified atom stereocenters. The van der Waals surface area contributed by atoms with Crippen molar-refractivity contribution < 1.29 is 19.1 Å². The largest absolute Gasteiger partial charge is 0.490 e. The van der Waals surface area contributed by atoms with Gasteiger partial charge in [0.1, 0.15) is 24.2 Å². The van der Waals surface area contributed by atoms with E-state index in [1.54, 1.807) is 0 Å². The Morgan fingerprint density at radius 3 is 1.67 bits per heavy atom. The molecular formula is C38H41N3O4. The van der Waals surface area contributed by atoms with E-state index in [1.807, 2.05) is 114 Å². The van der Waals surface area contributed by atoms with Crippen LogP contribution < -0.4 is 15.2 Å². The summed E-state index contributed by atoms with van der Waals surface area (Å²) in [5.74, 6) is 1.79. The first-order chi connectivity index (χ1) is 21.9. The molecule has 7 nitrogen and oxygen atoms in total. The van der Waals surface area contributed by atoms with E-state index in [2.05, 4.69) is 0 Å². The maximum Gasteiger partial charge on any atom is 0.253 e. The van der Waals surface area contributed by atoms with E-state index in [1.165, 1.54) is 0 Å². The molecule has 4 aromatic carbocycles. The van der Waals surface area contributed by atoms with Crippen LogP contribution in [-0.2, 0) is 6.61 Å². The first kappa shape index (κ1) is 30.4. The van der Waals surface area contributed by atoms with E-state index >= 15 is 0 Å². The molecule has 0 atom stereocenters. The molecule has 0 spiro atoms. The van der Waals surface area contributed by atoms with Crippen molar-refractivity contribution in [2.45, 2.75) is 51.4 Å². The predicted molar refractivity (Wildman–Crippen MR) is 176 cm³/mol. The van der Waals surface area contributed by atoms with E-state index in [-0.39, 0.29) is 24.0 Å². The number of amides is 2. The average Bonchev–Trinajstić information content (AvgIpc) is 3.09. The Balaban J connectivity index is 0.947. The Labute approximate surface area is 265 Å². The number of benzene rings is 4. The van der Waals surface area contributed by atoms with Crippen LogP contribution in [0, 0.1) is 6.92 Å². The van der Waals surface area contributed by atoms with E-state index in [4.69, 9.17) is 15.2 Å². The number of piperidine rings is 2. The van der Waals surface area contributed by atoms with Crippen molar-refractivity contribution in [2.24, 2.45) is 5.73 Å². The van der Waals surface area contributed by atoms with Crippen molar-refractivity contribution >= 4 is 11.8 Å². The highest BCUT2D eigenvalue weighted by molar-refractivity contribution is 5.95. The van der Waals surface area contributed by atoms with Crippen molar-refractivity contribution in [3.8, 4) is 22.6 Å². The summed E-state index contributed by atoms with van der Waals surface area (Å²) < 4.78 is 12.3. The Morgan fingerprint density at radius 1 is 0.644 bits per heavy atom. The van der Waals surface area contributed by atoms with Gasteiger partial charge in [-0.2, -0.15) is 0 Å². The third-order valence-electron chi connectivity index (χ3n) is 8.81. The maximum atomic E-state index is 12.8. The molecule has 0 aromatic heterocycles. The molecular weight excluding hydrogens is 562 g/mol. The van der Waals surface area contributed by atoms with Crippen molar-refractivity contribution in [3.05, 3.63) is 119 Å². The maximum absolute atomic E-state index is 12.8. The van der Waals surface area contributed by atoms with Crippen molar-refractivity contribution in [1.29, 1.82) is 0 Å². The van der Waals surface area contributed by atoms with Gasteiger partial charge in [0, 0.05) is 56.2 Å². The molecule has 232 valence electrons. The standard InChI is InChI=1S/C38H41N3O4/c1-27-2-6-31(7-3-27)37(42)41-24-20-36(21-25-41)45-35-14-4-28(5-15-35)26-44-34-16-12-30(13-17-34)29-8-10-32(11-9-29)38(43)40-22-18-33(39)19-23-40/h2-17,33,36H,18-26,39H2,1H3. The quantitative estimate of drug-likeness (QED) is 0.249. The zero-order valence-corrected chi connectivity index (χ0v) is 25.9. The number of rotatable bonds is 8. The fourth-order valence-electron chi connectivity index (χ4n) is 5.91. The van der Waals surface area contributed by atoms with Gasteiger partial charge in [0.2, 0.25) is 0 Å². The highest BCUT2D eigenvalue weighted by Crippen LogP contribution is 2.25. The van der Waals surface area contributed by atoms with Gasteiger partial charge in [0.15, 0.2) is 0 Å². The molecule has 0 aliphatic carbocycles. The van der Waals surface area contributed by atoms with Gasteiger partial charge < -0.3 is 25.0 Å². The Hall–Kier alpha value is -4.62. The van der Waals surface area contributed by atoms with Crippen LogP contribution in [0.3, 0.4) is 0 Å². The van der Waals surface area contributed by atoms with E-state index in [0.29, 0.717) is 25.3 Å². The second kappa shape index (κ2) is 14.0. The predicted octanol–water partition coefficient (Wildman–Crippen LogP) is 6.49. The molecule has 2 N–H and O–H groups in total. The van der Waals surface area contributed by atoms with Crippen LogP contribution in [0.1, 0.15) is 57.5 Å². The normalized spacial score (nSPS) is 16.0. The minimum absolute atomic E-state index is 0.0735. The van der Waals surface area contributed by atoms with Crippen LogP contribution in [0.4, 0.5) is 0 Å². The third kappa shape index (κ3) is 7.73. The Bertz CT molecular complexity index is 1570. The molecule has 45 heavy (non-hydrogen) atoms. The second-order valence-electron chi connectivity index (χ2n) is 12.1. The minimum atomic E-state index is 0.0735. The van der Waals surface area contributed by atoms with Crippen LogP contribution in [0.25, 0.3) is 11.1 Å². The summed E-state index contributed by atoms with van der Waals surface area (Å²) in [6.45, 7) is 5.32. The van der Waals surface area contributed by atoms with Crippen LogP contribution in [0.5, 0.6) is 11.5 Å². The lowest BCUT2D eigenvalue weighted by atomic mass is 10.0. The Kier molecular flexibility index (Phi) is 9.46. The molecule has 0 bridgehead atoms. The van der Waals surface area contributed by atoms with Gasteiger partial charge in [0.05, 0.1) is 0 Å². The molecule has 2 fully saturated rings. The second-order valence-corrected chi connectivity index (χ2v) is 12.1. The van der Waals surface area contributed by atoms with Crippen molar-refractivity contribution in [1.82, 2.24) is 9.80 Å². The Morgan fingerprint density at radius 2 is 1.11 bits per heavy atom. The number of carbonyl (C=O) groups excluding carboxylic acids is 2. The number of likely N-dealkylation sites (tertiary alicyclic amines) is 2. The monoisotopic (exact) mass is 603 g/mol. The molecule has 2 aliphatic rings. The molecule has 2 amide bonds. The summed E-state index contributed by atoms with van der Waals surface area (Å²) in [4.78, 5) is 29.4. The number of ether oxygens (including phenoxy) is 2. The van der Waals surface area contributed by atoms with Gasteiger partial charge in [0.25, 0.3) is 11.8 Å². The summed E-state index contributed by atoms with van der Waals surface area (Å²) in [5, 5.41) is 0. The first-order valence-electron chi connectivity index (χ1n) is 15.9. The van der Waals surface area contributed by atoms with E-state index in [9.17, 15) is 9.59 Å². The number of carbonyl (C=O) groups is 2. The summed E-state index contributed by atoms with van der Waals surface area (Å²) in [6, 6.07) is 31.8. The summed E-state index contributed by atoms with van der Waals surface area (Å²) >= 11 is 0. The molecule has 2 saturated heterocycles. The van der Waals surface area contributed by atoms with Crippen molar-refractivity contribution in [3.63, 3.8) is 0 Å². The highest BCUT2D eigenvalue weighted by atomic mass is 16.5. The van der Waals surface area contributed by atoms with Crippen molar-refractivity contribution in [2.75, 3.05) is 26.2 Å². The summed E-state index contributed by atoms with van der Waals surface area (Å²) in [5.41, 5.74) is 11.8. The summed E-state index contributed by atoms with van der Waals surface area (Å²) in [6.07, 6.45) is 3.44. The fourth-order valence-corrected chi connectivity index (χ4v) is 5.91. The van der Waals surface area contributed by atoms with Crippen LogP contribution in [0.15, 0.2) is 97.1 Å². The third-order valence-corrected chi connectivity index (χ3v) is 8.81. The molecule has 4 aromatic rings.